The molecule has 2 N–H and O–H groups in total. The Hall–Kier alpha value is -4.19. The van der Waals surface area contributed by atoms with Gasteiger partial charge in [0.05, 0.1) is 23.3 Å². The van der Waals surface area contributed by atoms with Gasteiger partial charge in [-0.3, -0.25) is 14.9 Å². The van der Waals surface area contributed by atoms with Crippen LogP contribution in [-0.4, -0.2) is 36.3 Å². The van der Waals surface area contributed by atoms with E-state index in [9.17, 15) is 28.5 Å². The van der Waals surface area contributed by atoms with Crippen molar-refractivity contribution in [2.75, 3.05) is 24.4 Å². The lowest BCUT2D eigenvalue weighted by atomic mass is 10.1. The van der Waals surface area contributed by atoms with Gasteiger partial charge in [0, 0.05) is 28.4 Å². The number of thioether (sulfide) groups is 1. The minimum atomic E-state index is -2.53. The maximum Gasteiger partial charge on any atom is 0.340 e. The van der Waals surface area contributed by atoms with Crippen LogP contribution in [-0.2, 0) is 9.53 Å². The molecule has 9 nitrogen and oxygen atoms in total. The van der Waals surface area contributed by atoms with E-state index >= 15 is 0 Å². The molecule has 0 saturated carbocycles. The number of amides is 1. The van der Waals surface area contributed by atoms with E-state index in [0.717, 1.165) is 0 Å². The first-order chi connectivity index (χ1) is 17.2. The van der Waals surface area contributed by atoms with E-state index in [-0.39, 0.29) is 22.7 Å². The van der Waals surface area contributed by atoms with Crippen molar-refractivity contribution >= 4 is 46.4 Å². The molecule has 3 aromatic rings. The monoisotopic (exact) mass is 517 g/mol. The van der Waals surface area contributed by atoms with Crippen molar-refractivity contribution in [2.24, 2.45) is 0 Å². The minimum Gasteiger partial charge on any atom is -0.490 e. The van der Waals surface area contributed by atoms with Crippen molar-refractivity contribution in [1.82, 2.24) is 0 Å². The molecule has 0 atom stereocenters. The number of benzene rings is 3. The lowest BCUT2D eigenvalue weighted by molar-refractivity contribution is -0.385. The number of nitrogens with zero attached hydrogens (tertiary/aromatic N) is 1. The number of carbonyl (C=O) groups is 2. The average molecular weight is 518 g/mol. The number of hydrogen-bond donors (Lipinski definition) is 2. The summed E-state index contributed by atoms with van der Waals surface area (Å²) in [5.41, 5.74) is 1.57. The van der Waals surface area contributed by atoms with Crippen molar-refractivity contribution in [1.29, 1.82) is 0 Å². The predicted octanol–water partition coefficient (Wildman–Crippen LogP) is 5.77. The molecule has 3 aromatic carbocycles. The Kier molecular flexibility index (Phi) is 8.79. The zero-order valence-electron chi connectivity index (χ0n) is 19.1. The van der Waals surface area contributed by atoms with Gasteiger partial charge in [-0.05, 0) is 48.9 Å². The van der Waals surface area contributed by atoms with Crippen LogP contribution >= 0.6 is 11.8 Å². The van der Waals surface area contributed by atoms with E-state index in [1.165, 1.54) is 37.4 Å². The van der Waals surface area contributed by atoms with E-state index in [2.05, 4.69) is 10.6 Å². The van der Waals surface area contributed by atoms with Crippen molar-refractivity contribution in [2.45, 2.75) is 17.6 Å². The predicted molar refractivity (Wildman–Crippen MR) is 131 cm³/mol. The summed E-state index contributed by atoms with van der Waals surface area (Å²) in [6.45, 7) is 0.972. The number of alkyl halides is 2. The largest absolute Gasteiger partial charge is 0.490 e. The molecule has 3 rings (SSSR count). The number of rotatable bonds is 10. The van der Waals surface area contributed by atoms with Gasteiger partial charge in [-0.2, -0.15) is 8.78 Å². The fraction of sp³-hybridized carbons (Fsp3) is 0.167. The highest BCUT2D eigenvalue weighted by atomic mass is 32.2. The maximum absolute atomic E-state index is 12.7. The second-order valence-corrected chi connectivity index (χ2v) is 8.36. The van der Waals surface area contributed by atoms with Crippen LogP contribution in [0, 0.1) is 17.0 Å². The van der Waals surface area contributed by atoms with Crippen LogP contribution < -0.4 is 15.4 Å². The molecule has 0 heterocycles. The molecule has 12 heteroatoms. The Morgan fingerprint density at radius 2 is 1.78 bits per heavy atom. The number of methoxy groups -OCH3 is 1. The molecule has 0 aliphatic rings. The SMILES string of the molecule is COc1cc(NC(=O)COC(=O)c2ccccc2Nc2ccc(SC(F)F)cc2)c(C)cc1[N+](=O)[O-]. The Balaban J connectivity index is 1.64. The van der Waals surface area contributed by atoms with Gasteiger partial charge in [-0.1, -0.05) is 23.9 Å². The van der Waals surface area contributed by atoms with Crippen LogP contribution in [0.3, 0.4) is 0 Å². The van der Waals surface area contributed by atoms with E-state index in [0.29, 0.717) is 33.6 Å². The molecule has 188 valence electrons. The number of anilines is 3. The molecule has 0 spiro atoms. The van der Waals surface area contributed by atoms with Crippen molar-refractivity contribution in [3.63, 3.8) is 0 Å². The molecule has 1 amide bonds. The Morgan fingerprint density at radius 1 is 1.08 bits per heavy atom. The second kappa shape index (κ2) is 12.0. The van der Waals surface area contributed by atoms with Gasteiger partial charge in [-0.25, -0.2) is 4.79 Å². The third-order valence-corrected chi connectivity index (χ3v) is 5.56. The number of aryl methyl sites for hydroxylation is 1. The molecule has 0 fully saturated rings. The van der Waals surface area contributed by atoms with Gasteiger partial charge in [0.25, 0.3) is 11.7 Å². The summed E-state index contributed by atoms with van der Waals surface area (Å²) in [5.74, 6) is -3.97. The topological polar surface area (TPSA) is 120 Å². The van der Waals surface area contributed by atoms with Crippen LogP contribution in [0.4, 0.5) is 31.5 Å². The van der Waals surface area contributed by atoms with Gasteiger partial charge >= 0.3 is 11.7 Å². The maximum atomic E-state index is 12.7. The summed E-state index contributed by atoms with van der Waals surface area (Å²) in [6.07, 6.45) is 0. The molecule has 0 aliphatic carbocycles. The third-order valence-electron chi connectivity index (χ3n) is 4.84. The zero-order valence-corrected chi connectivity index (χ0v) is 19.9. The highest BCUT2D eigenvalue weighted by Crippen LogP contribution is 2.33. The number of halogens is 2. The van der Waals surface area contributed by atoms with Crippen molar-refractivity contribution < 1.29 is 32.8 Å². The van der Waals surface area contributed by atoms with E-state index in [1.54, 1.807) is 37.3 Å². The minimum absolute atomic E-state index is 0.0290. The Labute approximate surface area is 208 Å². The summed E-state index contributed by atoms with van der Waals surface area (Å²) >= 11 is 0.426. The Bertz CT molecular complexity index is 1270. The average Bonchev–Trinajstić information content (AvgIpc) is 2.84. The lowest BCUT2D eigenvalue weighted by Gasteiger charge is -2.13. The van der Waals surface area contributed by atoms with E-state index < -0.39 is 29.2 Å². The number of ether oxygens (including phenoxy) is 2. The smallest absolute Gasteiger partial charge is 0.340 e. The van der Waals surface area contributed by atoms with Crippen LogP contribution in [0.15, 0.2) is 65.6 Å². The molecule has 0 aliphatic heterocycles. The van der Waals surface area contributed by atoms with Crippen LogP contribution in [0.5, 0.6) is 5.75 Å². The number of para-hydroxylation sites is 1. The molecular formula is C24H21F2N3O6S. The van der Waals surface area contributed by atoms with Gasteiger partial charge in [0.15, 0.2) is 12.4 Å². The highest BCUT2D eigenvalue weighted by molar-refractivity contribution is 7.99. The zero-order chi connectivity index (χ0) is 26.2. The van der Waals surface area contributed by atoms with Crippen LogP contribution in [0.25, 0.3) is 0 Å². The van der Waals surface area contributed by atoms with Gasteiger partial charge < -0.3 is 20.1 Å². The lowest BCUT2D eigenvalue weighted by Crippen LogP contribution is -2.21. The normalized spacial score (nSPS) is 10.6. The van der Waals surface area contributed by atoms with Crippen molar-refractivity contribution in [3.8, 4) is 5.75 Å². The number of nitrogens with one attached hydrogen (secondary N) is 2. The summed E-state index contributed by atoms with van der Waals surface area (Å²) in [4.78, 5) is 35.9. The van der Waals surface area contributed by atoms with Crippen LogP contribution in [0.2, 0.25) is 0 Å². The fourth-order valence-electron chi connectivity index (χ4n) is 3.15. The van der Waals surface area contributed by atoms with Gasteiger partial charge in [0.2, 0.25) is 0 Å². The summed E-state index contributed by atoms with van der Waals surface area (Å²) in [7, 11) is 1.27. The number of carbonyl (C=O) groups excluding carboxylic acids is 2. The van der Waals surface area contributed by atoms with Gasteiger partial charge in [-0.15, -0.1) is 0 Å². The molecule has 0 radical (unpaired) electrons. The second-order valence-electron chi connectivity index (χ2n) is 7.29. The number of hydrogen-bond acceptors (Lipinski definition) is 8. The molecule has 0 bridgehead atoms. The third kappa shape index (κ3) is 6.92. The first-order valence-corrected chi connectivity index (χ1v) is 11.3. The first kappa shape index (κ1) is 26.4. The van der Waals surface area contributed by atoms with E-state index in [4.69, 9.17) is 9.47 Å². The fourth-order valence-corrected chi connectivity index (χ4v) is 3.65. The molecule has 0 saturated heterocycles. The summed E-state index contributed by atoms with van der Waals surface area (Å²) < 4.78 is 35.1. The van der Waals surface area contributed by atoms with Gasteiger partial charge in [0.1, 0.15) is 0 Å². The number of nitro benzene ring substituents is 1. The highest BCUT2D eigenvalue weighted by Gasteiger charge is 2.19. The number of esters is 1. The van der Waals surface area contributed by atoms with Crippen LogP contribution in [0.1, 0.15) is 15.9 Å². The summed E-state index contributed by atoms with van der Waals surface area (Å²) in [5, 5.41) is 16.7. The molecular weight excluding hydrogens is 496 g/mol. The first-order valence-electron chi connectivity index (χ1n) is 10.4. The summed E-state index contributed by atoms with van der Waals surface area (Å²) in [6, 6.07) is 15.3. The molecule has 36 heavy (non-hydrogen) atoms. The Morgan fingerprint density at radius 3 is 2.42 bits per heavy atom. The standard InChI is InChI=1S/C24H21F2N3O6S/c1-14-11-20(29(32)33)21(34-2)12-19(14)28-22(30)13-35-23(31)17-5-3-4-6-18(17)27-15-7-9-16(10-8-15)36-24(25)26/h3-12,24,27H,13H2,1-2H3,(H,28,30). The molecule has 0 aromatic heterocycles. The quantitative estimate of drug-likeness (QED) is 0.151. The van der Waals surface area contributed by atoms with E-state index in [1.807, 2.05) is 0 Å². The molecule has 0 unspecified atom stereocenters. The number of nitro groups is 1. The van der Waals surface area contributed by atoms with Crippen molar-refractivity contribution in [3.05, 3.63) is 81.9 Å².